The topological polar surface area (TPSA) is 82.5 Å². The molecule has 176 valence electrons. The number of nitrogens with one attached hydrogen (secondary N) is 1. The van der Waals surface area contributed by atoms with Gasteiger partial charge in [-0.1, -0.05) is 66.7 Å². The van der Waals surface area contributed by atoms with Crippen LogP contribution in [0, 0.1) is 0 Å². The van der Waals surface area contributed by atoms with Crippen LogP contribution in [0.4, 0.5) is 0 Å². The summed E-state index contributed by atoms with van der Waals surface area (Å²) >= 11 is 0. The van der Waals surface area contributed by atoms with Crippen molar-refractivity contribution >= 4 is 10.0 Å². The molecular formula is C26H27N3O4S. The number of methoxy groups -OCH3 is 2. The van der Waals surface area contributed by atoms with Crippen LogP contribution in [-0.2, 0) is 23.0 Å². The molecule has 8 heteroatoms. The van der Waals surface area contributed by atoms with Crippen molar-refractivity contribution in [3.05, 3.63) is 96.2 Å². The number of hydrogen-bond donors (Lipinski definition) is 1. The van der Waals surface area contributed by atoms with Crippen molar-refractivity contribution in [1.82, 2.24) is 14.5 Å². The first kappa shape index (κ1) is 23.5. The van der Waals surface area contributed by atoms with E-state index in [1.54, 1.807) is 25.1 Å². The summed E-state index contributed by atoms with van der Waals surface area (Å²) < 4.78 is 41.6. The van der Waals surface area contributed by atoms with Crippen molar-refractivity contribution in [2.45, 2.75) is 17.9 Å². The summed E-state index contributed by atoms with van der Waals surface area (Å²) in [6, 6.07) is 24.7. The average molecular weight is 478 g/mol. The van der Waals surface area contributed by atoms with Gasteiger partial charge in [-0.05, 0) is 29.7 Å². The van der Waals surface area contributed by atoms with Crippen LogP contribution in [0.5, 0.6) is 11.5 Å². The van der Waals surface area contributed by atoms with Crippen LogP contribution in [0.2, 0.25) is 0 Å². The summed E-state index contributed by atoms with van der Waals surface area (Å²) in [5, 5.41) is 4.62. The van der Waals surface area contributed by atoms with Gasteiger partial charge in [0.25, 0.3) is 0 Å². The first-order valence-electron chi connectivity index (χ1n) is 10.9. The quantitative estimate of drug-likeness (QED) is 0.371. The molecule has 0 atom stereocenters. The molecule has 1 aromatic heterocycles. The number of benzene rings is 3. The molecule has 0 radical (unpaired) electrons. The molecule has 4 aromatic rings. The number of aromatic nitrogens is 2. The first-order valence-corrected chi connectivity index (χ1v) is 12.4. The van der Waals surface area contributed by atoms with Crippen molar-refractivity contribution in [2.75, 3.05) is 20.8 Å². The maximum atomic E-state index is 13.3. The minimum Gasteiger partial charge on any atom is -0.493 e. The zero-order valence-corrected chi connectivity index (χ0v) is 20.0. The number of ether oxygens (including phenoxy) is 2. The minimum absolute atomic E-state index is 0.155. The molecule has 0 saturated heterocycles. The van der Waals surface area contributed by atoms with Gasteiger partial charge in [-0.3, -0.25) is 4.68 Å². The summed E-state index contributed by atoms with van der Waals surface area (Å²) in [4.78, 5) is 0.155. The zero-order valence-electron chi connectivity index (χ0n) is 19.1. The van der Waals surface area contributed by atoms with Gasteiger partial charge < -0.3 is 9.47 Å². The lowest BCUT2D eigenvalue weighted by Crippen LogP contribution is -2.26. The Bertz CT molecular complexity index is 1340. The highest BCUT2D eigenvalue weighted by Gasteiger charge is 2.23. The molecule has 3 aromatic carbocycles. The van der Waals surface area contributed by atoms with Gasteiger partial charge in [-0.2, -0.15) is 5.10 Å². The Hall–Kier alpha value is -3.62. The molecule has 0 aliphatic rings. The highest BCUT2D eigenvalue weighted by atomic mass is 32.2. The highest BCUT2D eigenvalue weighted by molar-refractivity contribution is 7.89. The number of rotatable bonds is 10. The van der Waals surface area contributed by atoms with E-state index in [0.717, 1.165) is 16.7 Å². The van der Waals surface area contributed by atoms with Gasteiger partial charge in [0.15, 0.2) is 11.5 Å². The average Bonchev–Trinajstić information content (AvgIpc) is 3.30. The lowest BCUT2D eigenvalue weighted by Gasteiger charge is -2.10. The van der Waals surface area contributed by atoms with E-state index in [0.29, 0.717) is 30.2 Å². The third-order valence-electron chi connectivity index (χ3n) is 5.41. The molecule has 0 bridgehead atoms. The Balaban J connectivity index is 1.56. The standard InChI is InChI=1S/C26H27N3O4S/c1-32-23-14-13-20(17-24(23)33-2)15-16-27-34(30,31)25-19-29(18-21-9-5-3-6-10-21)28-26(25)22-11-7-4-8-12-22/h3-14,17,19,27H,15-16,18H2,1-2H3. The summed E-state index contributed by atoms with van der Waals surface area (Å²) in [5.74, 6) is 1.24. The van der Waals surface area contributed by atoms with Crippen molar-refractivity contribution < 1.29 is 17.9 Å². The lowest BCUT2D eigenvalue weighted by molar-refractivity contribution is 0.354. The molecule has 0 unspecified atom stereocenters. The summed E-state index contributed by atoms with van der Waals surface area (Å²) in [5.41, 5.74) is 3.14. The molecule has 0 spiro atoms. The van der Waals surface area contributed by atoms with E-state index in [4.69, 9.17) is 9.47 Å². The molecular weight excluding hydrogens is 450 g/mol. The third-order valence-corrected chi connectivity index (χ3v) is 6.87. The van der Waals surface area contributed by atoms with Crippen LogP contribution >= 0.6 is 0 Å². The molecule has 1 N–H and O–H groups in total. The van der Waals surface area contributed by atoms with Gasteiger partial charge >= 0.3 is 0 Å². The Labute approximate surface area is 200 Å². The fourth-order valence-corrected chi connectivity index (χ4v) is 4.89. The van der Waals surface area contributed by atoms with Crippen molar-refractivity contribution in [2.24, 2.45) is 0 Å². The SMILES string of the molecule is COc1ccc(CCNS(=O)(=O)c2cn(Cc3ccccc3)nc2-c2ccccc2)cc1OC. The van der Waals surface area contributed by atoms with Gasteiger partial charge in [0.1, 0.15) is 10.6 Å². The van der Waals surface area contributed by atoms with Gasteiger partial charge in [0, 0.05) is 18.3 Å². The molecule has 0 saturated carbocycles. The number of sulfonamides is 1. The molecule has 7 nitrogen and oxygen atoms in total. The molecule has 0 amide bonds. The number of hydrogen-bond acceptors (Lipinski definition) is 5. The van der Waals surface area contributed by atoms with Crippen molar-refractivity contribution in [1.29, 1.82) is 0 Å². The predicted molar refractivity (Wildman–Crippen MR) is 132 cm³/mol. The normalized spacial score (nSPS) is 11.4. The van der Waals surface area contributed by atoms with E-state index in [-0.39, 0.29) is 11.4 Å². The second-order valence-electron chi connectivity index (χ2n) is 7.73. The van der Waals surface area contributed by atoms with Crippen LogP contribution < -0.4 is 14.2 Å². The van der Waals surface area contributed by atoms with Crippen LogP contribution in [0.15, 0.2) is 90.0 Å². The smallest absolute Gasteiger partial charge is 0.244 e. The Kier molecular flexibility index (Phi) is 7.30. The predicted octanol–water partition coefficient (Wildman–Crippen LogP) is 4.14. The third kappa shape index (κ3) is 5.47. The van der Waals surface area contributed by atoms with Gasteiger partial charge in [-0.15, -0.1) is 0 Å². The Morgan fingerprint density at radius 3 is 2.21 bits per heavy atom. The monoisotopic (exact) mass is 477 g/mol. The molecule has 4 rings (SSSR count). The van der Waals surface area contributed by atoms with Crippen LogP contribution in [0.1, 0.15) is 11.1 Å². The van der Waals surface area contributed by atoms with Crippen molar-refractivity contribution in [3.63, 3.8) is 0 Å². The molecule has 0 fully saturated rings. The highest BCUT2D eigenvalue weighted by Crippen LogP contribution is 2.28. The van der Waals surface area contributed by atoms with E-state index >= 15 is 0 Å². The van der Waals surface area contributed by atoms with E-state index in [1.807, 2.05) is 78.9 Å². The lowest BCUT2D eigenvalue weighted by atomic mass is 10.1. The van der Waals surface area contributed by atoms with Crippen LogP contribution in [-0.4, -0.2) is 39.0 Å². The molecule has 0 aliphatic carbocycles. The number of nitrogens with zero attached hydrogens (tertiary/aromatic N) is 2. The Morgan fingerprint density at radius 1 is 0.853 bits per heavy atom. The summed E-state index contributed by atoms with van der Waals surface area (Å²) in [7, 11) is -0.649. The van der Waals surface area contributed by atoms with Crippen molar-refractivity contribution in [3.8, 4) is 22.8 Å². The molecule has 34 heavy (non-hydrogen) atoms. The van der Waals surface area contributed by atoms with E-state index in [2.05, 4.69) is 9.82 Å². The second kappa shape index (κ2) is 10.5. The van der Waals surface area contributed by atoms with E-state index in [9.17, 15) is 8.42 Å². The minimum atomic E-state index is -3.80. The summed E-state index contributed by atoms with van der Waals surface area (Å²) in [6.07, 6.45) is 2.09. The largest absolute Gasteiger partial charge is 0.493 e. The maximum Gasteiger partial charge on any atom is 0.244 e. The van der Waals surface area contributed by atoms with E-state index in [1.165, 1.54) is 0 Å². The van der Waals surface area contributed by atoms with Gasteiger partial charge in [0.05, 0.1) is 20.8 Å². The van der Waals surface area contributed by atoms with Gasteiger partial charge in [0.2, 0.25) is 10.0 Å². The van der Waals surface area contributed by atoms with Crippen LogP contribution in [0.25, 0.3) is 11.3 Å². The first-order chi connectivity index (χ1) is 16.5. The maximum absolute atomic E-state index is 13.3. The molecule has 1 heterocycles. The molecule has 0 aliphatic heterocycles. The fourth-order valence-electron chi connectivity index (χ4n) is 3.69. The fraction of sp³-hybridized carbons (Fsp3) is 0.192. The summed E-state index contributed by atoms with van der Waals surface area (Å²) in [6.45, 7) is 0.706. The second-order valence-corrected chi connectivity index (χ2v) is 9.46. The van der Waals surface area contributed by atoms with Crippen LogP contribution in [0.3, 0.4) is 0 Å². The zero-order chi connectivity index (χ0) is 24.0. The van der Waals surface area contributed by atoms with E-state index < -0.39 is 10.0 Å². The van der Waals surface area contributed by atoms with Gasteiger partial charge in [-0.25, -0.2) is 13.1 Å². The Morgan fingerprint density at radius 2 is 1.53 bits per heavy atom.